The van der Waals surface area contributed by atoms with Crippen molar-refractivity contribution in [3.05, 3.63) is 23.8 Å². The summed E-state index contributed by atoms with van der Waals surface area (Å²) in [6.45, 7) is 2.24. The highest BCUT2D eigenvalue weighted by molar-refractivity contribution is 5.73. The van der Waals surface area contributed by atoms with Crippen molar-refractivity contribution in [2.75, 3.05) is 13.7 Å². The van der Waals surface area contributed by atoms with Crippen LogP contribution in [-0.4, -0.2) is 36.0 Å². The van der Waals surface area contributed by atoms with Gasteiger partial charge < -0.3 is 19.7 Å². The molecule has 5 heteroatoms. The summed E-state index contributed by atoms with van der Waals surface area (Å²) in [6, 6.07) is 4.98. The first-order valence-corrected chi connectivity index (χ1v) is 5.29. The molecule has 1 aromatic carbocycles. The van der Waals surface area contributed by atoms with Crippen molar-refractivity contribution in [3.8, 4) is 11.5 Å². The number of aromatic hydroxyl groups is 1. The highest BCUT2D eigenvalue weighted by atomic mass is 16.5. The minimum absolute atomic E-state index is 0.0300. The molecule has 2 N–H and O–H groups in total. The van der Waals surface area contributed by atoms with Gasteiger partial charge in [0.2, 0.25) is 0 Å². The van der Waals surface area contributed by atoms with Crippen LogP contribution in [0.1, 0.15) is 12.5 Å². The number of phenols is 1. The summed E-state index contributed by atoms with van der Waals surface area (Å²) in [7, 11) is 1.32. The predicted molar refractivity (Wildman–Crippen MR) is 61.4 cm³/mol. The summed E-state index contributed by atoms with van der Waals surface area (Å²) < 4.78 is 10.0. The van der Waals surface area contributed by atoms with Crippen LogP contribution in [-0.2, 0) is 16.0 Å². The highest BCUT2D eigenvalue weighted by Gasteiger charge is 2.19. The van der Waals surface area contributed by atoms with Gasteiger partial charge in [0.15, 0.2) is 17.6 Å². The molecule has 0 saturated heterocycles. The van der Waals surface area contributed by atoms with Gasteiger partial charge in [-0.25, -0.2) is 4.79 Å². The Morgan fingerprint density at radius 3 is 2.71 bits per heavy atom. The molecule has 1 atom stereocenters. The van der Waals surface area contributed by atoms with E-state index in [4.69, 9.17) is 14.6 Å². The number of rotatable bonds is 6. The molecular weight excluding hydrogens is 224 g/mol. The Labute approximate surface area is 99.6 Å². The minimum Gasteiger partial charge on any atom is -0.504 e. The van der Waals surface area contributed by atoms with Crippen molar-refractivity contribution in [2.45, 2.75) is 19.4 Å². The molecule has 1 aromatic rings. The molecule has 5 nitrogen and oxygen atoms in total. The summed E-state index contributed by atoms with van der Waals surface area (Å²) in [4.78, 5) is 10.8. The van der Waals surface area contributed by atoms with Crippen LogP contribution in [0, 0.1) is 0 Å². The Morgan fingerprint density at radius 2 is 2.18 bits per heavy atom. The Hall–Kier alpha value is -1.75. The summed E-state index contributed by atoms with van der Waals surface area (Å²) in [5.41, 5.74) is 0.491. The van der Waals surface area contributed by atoms with Crippen molar-refractivity contribution in [1.29, 1.82) is 0 Å². The van der Waals surface area contributed by atoms with Gasteiger partial charge in [-0.05, 0) is 13.0 Å². The van der Waals surface area contributed by atoms with Crippen molar-refractivity contribution in [3.63, 3.8) is 0 Å². The first-order valence-electron chi connectivity index (χ1n) is 5.29. The third-order valence-electron chi connectivity index (χ3n) is 2.35. The number of aliphatic carboxylic acids is 1. The maximum Gasteiger partial charge on any atom is 0.333 e. The van der Waals surface area contributed by atoms with Crippen LogP contribution in [0.25, 0.3) is 0 Å². The molecule has 0 aromatic heterocycles. The van der Waals surface area contributed by atoms with Gasteiger partial charge in [0, 0.05) is 19.1 Å². The monoisotopic (exact) mass is 240 g/mol. The third-order valence-corrected chi connectivity index (χ3v) is 2.35. The lowest BCUT2D eigenvalue weighted by Gasteiger charge is -2.13. The van der Waals surface area contributed by atoms with Crippen molar-refractivity contribution >= 4 is 5.97 Å². The van der Waals surface area contributed by atoms with E-state index in [1.807, 2.05) is 0 Å². The molecule has 0 amide bonds. The van der Waals surface area contributed by atoms with Gasteiger partial charge in [0.25, 0.3) is 0 Å². The van der Waals surface area contributed by atoms with Crippen LogP contribution in [0.4, 0.5) is 0 Å². The number of hydrogen-bond donors (Lipinski definition) is 2. The number of methoxy groups -OCH3 is 1. The molecule has 17 heavy (non-hydrogen) atoms. The Morgan fingerprint density at radius 1 is 1.47 bits per heavy atom. The predicted octanol–water partition coefficient (Wildman–Crippen LogP) is 1.43. The highest BCUT2D eigenvalue weighted by Crippen LogP contribution is 2.30. The fourth-order valence-corrected chi connectivity index (χ4v) is 1.48. The zero-order valence-electron chi connectivity index (χ0n) is 9.84. The minimum atomic E-state index is -1.06. The molecule has 1 rings (SSSR count). The molecular formula is C12H16O5. The van der Waals surface area contributed by atoms with E-state index in [1.165, 1.54) is 7.11 Å². The molecule has 94 valence electrons. The van der Waals surface area contributed by atoms with Gasteiger partial charge >= 0.3 is 5.97 Å². The summed E-state index contributed by atoms with van der Waals surface area (Å²) >= 11 is 0. The Kier molecular flexibility index (Phi) is 4.78. The van der Waals surface area contributed by atoms with Crippen LogP contribution >= 0.6 is 0 Å². The van der Waals surface area contributed by atoms with E-state index in [9.17, 15) is 9.90 Å². The van der Waals surface area contributed by atoms with Crippen LogP contribution in [0.15, 0.2) is 18.2 Å². The van der Waals surface area contributed by atoms with Gasteiger partial charge in [0.05, 0.1) is 6.61 Å². The van der Waals surface area contributed by atoms with Gasteiger partial charge in [-0.2, -0.15) is 0 Å². The molecule has 0 radical (unpaired) electrons. The lowest BCUT2D eigenvalue weighted by molar-refractivity contribution is -0.148. The van der Waals surface area contributed by atoms with Gasteiger partial charge in [-0.3, -0.25) is 0 Å². The summed E-state index contributed by atoms with van der Waals surface area (Å²) in [5.74, 6) is -0.739. The number of para-hydroxylation sites is 1. The van der Waals surface area contributed by atoms with Crippen LogP contribution in [0.2, 0.25) is 0 Å². The standard InChI is InChI=1S/C12H16O5/c1-3-17-9-6-4-5-8(11(9)13)7-10(16-2)12(14)15/h4-6,10,13H,3,7H2,1-2H3,(H,14,15). The van der Waals surface area contributed by atoms with Crippen molar-refractivity contribution in [1.82, 2.24) is 0 Å². The van der Waals surface area contributed by atoms with E-state index in [-0.39, 0.29) is 12.2 Å². The number of carbonyl (C=O) groups is 1. The number of phenolic OH excluding ortho intramolecular Hbond substituents is 1. The van der Waals surface area contributed by atoms with E-state index in [0.29, 0.717) is 17.9 Å². The van der Waals surface area contributed by atoms with E-state index in [1.54, 1.807) is 25.1 Å². The smallest absolute Gasteiger partial charge is 0.333 e. The van der Waals surface area contributed by atoms with Crippen LogP contribution in [0.5, 0.6) is 11.5 Å². The second kappa shape index (κ2) is 6.10. The molecule has 0 spiro atoms. The summed E-state index contributed by atoms with van der Waals surface area (Å²) in [6.07, 6.45) is -0.878. The second-order valence-corrected chi connectivity index (χ2v) is 3.46. The van der Waals surface area contributed by atoms with Gasteiger partial charge in [-0.1, -0.05) is 12.1 Å². The van der Waals surface area contributed by atoms with Crippen LogP contribution in [0.3, 0.4) is 0 Å². The lowest BCUT2D eigenvalue weighted by atomic mass is 10.1. The third kappa shape index (κ3) is 3.35. The molecule has 0 heterocycles. The van der Waals surface area contributed by atoms with E-state index < -0.39 is 12.1 Å². The average Bonchev–Trinajstić information content (AvgIpc) is 2.30. The summed E-state index contributed by atoms with van der Waals surface area (Å²) in [5, 5.41) is 18.7. The number of hydrogen-bond acceptors (Lipinski definition) is 4. The first kappa shape index (κ1) is 13.3. The number of benzene rings is 1. The largest absolute Gasteiger partial charge is 0.504 e. The number of carboxylic acids is 1. The zero-order chi connectivity index (χ0) is 12.8. The van der Waals surface area contributed by atoms with E-state index in [2.05, 4.69) is 0 Å². The molecule has 0 bridgehead atoms. The molecule has 1 unspecified atom stereocenters. The van der Waals surface area contributed by atoms with Gasteiger partial charge in [0.1, 0.15) is 0 Å². The molecule has 0 aliphatic carbocycles. The Bertz CT molecular complexity index is 388. The zero-order valence-corrected chi connectivity index (χ0v) is 9.84. The lowest BCUT2D eigenvalue weighted by Crippen LogP contribution is -2.24. The fraction of sp³-hybridized carbons (Fsp3) is 0.417. The van der Waals surface area contributed by atoms with Gasteiger partial charge in [-0.15, -0.1) is 0 Å². The Balaban J connectivity index is 2.90. The maximum absolute atomic E-state index is 10.8. The van der Waals surface area contributed by atoms with Crippen molar-refractivity contribution < 1.29 is 24.5 Å². The molecule has 0 saturated carbocycles. The molecule has 0 fully saturated rings. The molecule has 0 aliphatic heterocycles. The maximum atomic E-state index is 10.8. The van der Waals surface area contributed by atoms with Crippen molar-refractivity contribution in [2.24, 2.45) is 0 Å². The second-order valence-electron chi connectivity index (χ2n) is 3.46. The van der Waals surface area contributed by atoms with E-state index >= 15 is 0 Å². The molecule has 0 aliphatic rings. The number of carboxylic acid groups (broad SMARTS) is 1. The topological polar surface area (TPSA) is 76.0 Å². The van der Waals surface area contributed by atoms with Crippen LogP contribution < -0.4 is 4.74 Å². The quantitative estimate of drug-likeness (QED) is 0.786. The van der Waals surface area contributed by atoms with E-state index in [0.717, 1.165) is 0 Å². The number of ether oxygens (including phenoxy) is 2. The first-order chi connectivity index (χ1) is 8.10. The average molecular weight is 240 g/mol. The SMILES string of the molecule is CCOc1cccc(CC(OC)C(=O)O)c1O. The fourth-order valence-electron chi connectivity index (χ4n) is 1.48. The normalized spacial score (nSPS) is 12.1.